The van der Waals surface area contributed by atoms with E-state index in [0.717, 1.165) is 0 Å². The van der Waals surface area contributed by atoms with Crippen molar-refractivity contribution in [2.45, 2.75) is 12.5 Å². The minimum atomic E-state index is -1.12. The van der Waals surface area contributed by atoms with Crippen LogP contribution in [0.25, 0.3) is 0 Å². The van der Waals surface area contributed by atoms with E-state index < -0.39 is 11.8 Å². The quantitative estimate of drug-likeness (QED) is 0.771. The van der Waals surface area contributed by atoms with E-state index in [4.69, 9.17) is 11.6 Å². The molecule has 4 nitrogen and oxygen atoms in total. The number of allylic oxidation sites excluding steroid dienone is 2. The number of carbonyl (C=O) groups is 3. The Labute approximate surface area is 114 Å². The first-order valence-electron chi connectivity index (χ1n) is 5.55. The van der Waals surface area contributed by atoms with E-state index in [1.54, 1.807) is 18.2 Å². The van der Waals surface area contributed by atoms with Crippen LogP contribution in [-0.2, 0) is 14.4 Å². The third-order valence-corrected chi connectivity index (χ3v) is 4.03. The minimum Gasteiger partial charge on any atom is -0.349 e. The number of hydrogen-bond donors (Lipinski definition) is 1. The molecule has 2 rings (SSSR count). The van der Waals surface area contributed by atoms with Crippen molar-refractivity contribution in [3.05, 3.63) is 23.3 Å². The Balaban J connectivity index is 1.97. The molecule has 0 saturated carbocycles. The maximum Gasteiger partial charge on any atom is 0.238 e. The maximum atomic E-state index is 11.9. The standard InChI is InChI=1S/C12H12ClNO3S/c13-7-1-3-8(4-2-7)14-12(17)11-9(15)5-18-6-10(11)16/h1-3,8,11H,4-6H2,(H,14,17). The highest BCUT2D eigenvalue weighted by Gasteiger charge is 2.37. The number of rotatable bonds is 2. The zero-order chi connectivity index (χ0) is 13.1. The average Bonchev–Trinajstić information content (AvgIpc) is 2.32. The number of hydrogen-bond acceptors (Lipinski definition) is 4. The Morgan fingerprint density at radius 1 is 1.33 bits per heavy atom. The van der Waals surface area contributed by atoms with Crippen LogP contribution in [0.15, 0.2) is 23.3 Å². The molecule has 1 fully saturated rings. The Kier molecular flexibility index (Phi) is 4.24. The number of nitrogens with one attached hydrogen (secondary N) is 1. The van der Waals surface area contributed by atoms with Crippen molar-refractivity contribution in [1.29, 1.82) is 0 Å². The lowest BCUT2D eigenvalue weighted by molar-refractivity contribution is -0.139. The number of thioether (sulfide) groups is 1. The van der Waals surface area contributed by atoms with Crippen LogP contribution in [0.3, 0.4) is 0 Å². The number of ketones is 2. The Morgan fingerprint density at radius 2 is 2.00 bits per heavy atom. The first kappa shape index (κ1) is 13.4. The molecule has 0 aromatic rings. The molecule has 0 bridgehead atoms. The molecule has 2 aliphatic rings. The van der Waals surface area contributed by atoms with Crippen molar-refractivity contribution in [3.63, 3.8) is 0 Å². The molecular weight excluding hydrogens is 274 g/mol. The zero-order valence-electron chi connectivity index (χ0n) is 9.52. The molecule has 18 heavy (non-hydrogen) atoms. The molecule has 6 heteroatoms. The number of amides is 1. The summed E-state index contributed by atoms with van der Waals surface area (Å²) in [6.45, 7) is 0. The fourth-order valence-electron chi connectivity index (χ4n) is 1.86. The summed E-state index contributed by atoms with van der Waals surface area (Å²) in [6.07, 6.45) is 5.81. The second kappa shape index (κ2) is 5.71. The van der Waals surface area contributed by atoms with Gasteiger partial charge in [0.15, 0.2) is 17.5 Å². The van der Waals surface area contributed by atoms with Crippen LogP contribution in [-0.4, -0.2) is 35.0 Å². The van der Waals surface area contributed by atoms with E-state index in [0.29, 0.717) is 11.5 Å². The molecule has 0 spiro atoms. The Hall–Kier alpha value is -1.07. The van der Waals surface area contributed by atoms with E-state index in [1.807, 2.05) is 0 Å². The summed E-state index contributed by atoms with van der Waals surface area (Å²) in [4.78, 5) is 35.1. The van der Waals surface area contributed by atoms with Crippen LogP contribution in [0.1, 0.15) is 6.42 Å². The normalized spacial score (nSPS) is 24.9. The van der Waals surface area contributed by atoms with Gasteiger partial charge in [0.2, 0.25) is 5.91 Å². The molecule has 1 aliphatic carbocycles. The smallest absolute Gasteiger partial charge is 0.238 e. The number of halogens is 1. The monoisotopic (exact) mass is 285 g/mol. The lowest BCUT2D eigenvalue weighted by atomic mass is 9.98. The Bertz CT molecular complexity index is 442. The molecule has 0 aromatic heterocycles. The van der Waals surface area contributed by atoms with Gasteiger partial charge >= 0.3 is 0 Å². The summed E-state index contributed by atoms with van der Waals surface area (Å²) < 4.78 is 0. The lowest BCUT2D eigenvalue weighted by Gasteiger charge is -2.22. The predicted octanol–water partition coefficient (Wildman–Crippen LogP) is 1.05. The molecule has 1 amide bonds. The maximum absolute atomic E-state index is 11.9. The number of Topliss-reactive ketones (excluding diaryl/α,β-unsaturated/α-hetero) is 2. The topological polar surface area (TPSA) is 63.2 Å². The third-order valence-electron chi connectivity index (χ3n) is 2.78. The molecule has 0 radical (unpaired) electrons. The van der Waals surface area contributed by atoms with Crippen molar-refractivity contribution in [1.82, 2.24) is 5.32 Å². The van der Waals surface area contributed by atoms with Gasteiger partial charge in [0.1, 0.15) is 0 Å². The highest BCUT2D eigenvalue weighted by atomic mass is 35.5. The van der Waals surface area contributed by atoms with Gasteiger partial charge in [-0.15, -0.1) is 11.8 Å². The van der Waals surface area contributed by atoms with E-state index >= 15 is 0 Å². The first-order chi connectivity index (χ1) is 8.58. The van der Waals surface area contributed by atoms with Gasteiger partial charge in [0, 0.05) is 5.03 Å². The van der Waals surface area contributed by atoms with Crippen LogP contribution in [0.5, 0.6) is 0 Å². The van der Waals surface area contributed by atoms with Gasteiger partial charge in [-0.2, -0.15) is 0 Å². The summed E-state index contributed by atoms with van der Waals surface area (Å²) >= 11 is 7.02. The second-order valence-electron chi connectivity index (χ2n) is 4.16. The summed E-state index contributed by atoms with van der Waals surface area (Å²) in [5, 5.41) is 3.32. The highest BCUT2D eigenvalue weighted by molar-refractivity contribution is 8.00. The van der Waals surface area contributed by atoms with E-state index in [-0.39, 0.29) is 29.1 Å². The van der Waals surface area contributed by atoms with E-state index in [2.05, 4.69) is 5.32 Å². The van der Waals surface area contributed by atoms with Gasteiger partial charge in [0.05, 0.1) is 17.5 Å². The molecular formula is C12H12ClNO3S. The van der Waals surface area contributed by atoms with Crippen molar-refractivity contribution in [2.75, 3.05) is 11.5 Å². The van der Waals surface area contributed by atoms with Gasteiger partial charge in [-0.3, -0.25) is 14.4 Å². The molecule has 1 unspecified atom stereocenters. The first-order valence-corrected chi connectivity index (χ1v) is 7.08. The molecule has 1 heterocycles. The molecule has 1 aliphatic heterocycles. The van der Waals surface area contributed by atoms with Crippen molar-refractivity contribution in [3.8, 4) is 0 Å². The summed E-state index contributed by atoms with van der Waals surface area (Å²) in [6, 6.07) is -0.199. The van der Waals surface area contributed by atoms with Gasteiger partial charge in [-0.05, 0) is 12.5 Å². The van der Waals surface area contributed by atoms with Gasteiger partial charge in [0.25, 0.3) is 0 Å². The van der Waals surface area contributed by atoms with Crippen LogP contribution >= 0.6 is 23.4 Å². The third kappa shape index (κ3) is 3.03. The fourth-order valence-corrected chi connectivity index (χ4v) is 2.86. The largest absolute Gasteiger partial charge is 0.349 e. The fraction of sp³-hybridized carbons (Fsp3) is 0.417. The SMILES string of the molecule is O=C1CSCC(=O)C1C(=O)NC1C=CC(Cl)=CC1. The van der Waals surface area contributed by atoms with Crippen LogP contribution in [0.2, 0.25) is 0 Å². The van der Waals surface area contributed by atoms with Crippen molar-refractivity contribution >= 4 is 40.8 Å². The predicted molar refractivity (Wildman–Crippen MR) is 70.5 cm³/mol. The highest BCUT2D eigenvalue weighted by Crippen LogP contribution is 2.18. The lowest BCUT2D eigenvalue weighted by Crippen LogP contribution is -2.47. The average molecular weight is 286 g/mol. The minimum absolute atomic E-state index is 0.199. The zero-order valence-corrected chi connectivity index (χ0v) is 11.1. The number of carbonyl (C=O) groups excluding carboxylic acids is 3. The van der Waals surface area contributed by atoms with Gasteiger partial charge in [-0.1, -0.05) is 23.8 Å². The molecule has 1 saturated heterocycles. The molecule has 96 valence electrons. The van der Waals surface area contributed by atoms with Crippen LogP contribution in [0.4, 0.5) is 0 Å². The molecule has 1 atom stereocenters. The van der Waals surface area contributed by atoms with Crippen molar-refractivity contribution < 1.29 is 14.4 Å². The summed E-state index contributed by atoms with van der Waals surface area (Å²) in [7, 11) is 0. The van der Waals surface area contributed by atoms with E-state index in [1.165, 1.54) is 11.8 Å². The second-order valence-corrected chi connectivity index (χ2v) is 5.58. The van der Waals surface area contributed by atoms with Gasteiger partial charge in [-0.25, -0.2) is 0 Å². The van der Waals surface area contributed by atoms with E-state index in [9.17, 15) is 14.4 Å². The van der Waals surface area contributed by atoms with Gasteiger partial charge < -0.3 is 5.32 Å². The van der Waals surface area contributed by atoms with Crippen molar-refractivity contribution in [2.24, 2.45) is 5.92 Å². The summed E-state index contributed by atoms with van der Waals surface area (Å²) in [5.74, 6) is -1.76. The van der Waals surface area contributed by atoms with Crippen LogP contribution < -0.4 is 5.32 Å². The summed E-state index contributed by atoms with van der Waals surface area (Å²) in [5.41, 5.74) is 0. The molecule has 0 aromatic carbocycles. The van der Waals surface area contributed by atoms with Crippen LogP contribution in [0, 0.1) is 5.92 Å². The molecule has 1 N–H and O–H groups in total. The Morgan fingerprint density at radius 3 is 2.56 bits per heavy atom.